The molecule has 0 atom stereocenters. The molecule has 0 bridgehead atoms. The lowest BCUT2D eigenvalue weighted by molar-refractivity contribution is -0.113. The van der Waals surface area contributed by atoms with Crippen LogP contribution in [0.3, 0.4) is 0 Å². The summed E-state index contributed by atoms with van der Waals surface area (Å²) in [5.74, 6) is -0.512. The van der Waals surface area contributed by atoms with Crippen molar-refractivity contribution < 1.29 is 9.53 Å². The number of aromatic nitrogens is 3. The van der Waals surface area contributed by atoms with E-state index >= 15 is 0 Å². The van der Waals surface area contributed by atoms with Crippen LogP contribution >= 0.6 is 11.8 Å². The molecule has 0 aliphatic carbocycles. The van der Waals surface area contributed by atoms with Crippen LogP contribution in [0.5, 0.6) is 0 Å². The smallest absolute Gasteiger partial charge is 0.271 e. The van der Waals surface area contributed by atoms with Crippen molar-refractivity contribution in [2.75, 3.05) is 12.9 Å². The maximum Gasteiger partial charge on any atom is 0.271 e. The lowest BCUT2D eigenvalue weighted by atomic mass is 10.2. The molecule has 0 radical (unpaired) electrons. The van der Waals surface area contributed by atoms with Gasteiger partial charge in [0, 0.05) is 25.4 Å². The molecule has 1 amide bonds. The van der Waals surface area contributed by atoms with Crippen molar-refractivity contribution in [3.63, 3.8) is 0 Å². The third kappa shape index (κ3) is 5.71. The molecule has 176 valence electrons. The van der Waals surface area contributed by atoms with Crippen molar-refractivity contribution in [2.45, 2.75) is 39.8 Å². The van der Waals surface area contributed by atoms with Gasteiger partial charge in [0.2, 0.25) is 0 Å². The number of fused-ring (bicyclic) bond motifs is 2. The summed E-state index contributed by atoms with van der Waals surface area (Å²) in [6.07, 6.45) is 8.89. The molecule has 0 spiro atoms. The van der Waals surface area contributed by atoms with Crippen LogP contribution in [0.1, 0.15) is 31.4 Å². The van der Waals surface area contributed by atoms with Crippen LogP contribution < -0.4 is 11.0 Å². The summed E-state index contributed by atoms with van der Waals surface area (Å²) in [6, 6.07) is 7.20. The van der Waals surface area contributed by atoms with Crippen molar-refractivity contribution in [3.05, 3.63) is 75.0 Å². The molecule has 0 aliphatic rings. The standard InChI is InChI=1S/C25H27N5O3S/c1-17(2)33-13-8-12-29-23(27-21(31)10-5-6-14-34-4)19(16-26)15-20-24(29)28-22-18(3)9-7-11-30(22)25(20)32/h5-7,9-11,14-15,17H,8,12-13H2,1-4H3. The fourth-order valence-corrected chi connectivity index (χ4v) is 3.69. The van der Waals surface area contributed by atoms with E-state index in [1.54, 1.807) is 29.0 Å². The van der Waals surface area contributed by atoms with Gasteiger partial charge in [-0.25, -0.2) is 4.98 Å². The maximum atomic E-state index is 13.3. The van der Waals surface area contributed by atoms with Crippen LogP contribution in [0.15, 0.2) is 57.8 Å². The number of rotatable bonds is 8. The minimum Gasteiger partial charge on any atom is -0.379 e. The number of amides is 1. The van der Waals surface area contributed by atoms with E-state index in [1.807, 2.05) is 38.5 Å². The molecule has 8 nitrogen and oxygen atoms in total. The third-order valence-electron chi connectivity index (χ3n) is 4.98. The number of aryl methyl sites for hydroxylation is 2. The molecule has 0 unspecified atom stereocenters. The van der Waals surface area contributed by atoms with Crippen molar-refractivity contribution in [3.8, 4) is 6.07 Å². The zero-order valence-corrected chi connectivity index (χ0v) is 20.5. The second-order valence-corrected chi connectivity index (χ2v) is 8.57. The van der Waals surface area contributed by atoms with Crippen LogP contribution in [-0.4, -0.2) is 38.8 Å². The third-order valence-corrected chi connectivity index (χ3v) is 5.41. The van der Waals surface area contributed by atoms with Gasteiger partial charge in [0.05, 0.1) is 17.1 Å². The Balaban J connectivity index is 2.28. The minimum absolute atomic E-state index is 0.0757. The van der Waals surface area contributed by atoms with Crippen LogP contribution in [0.2, 0.25) is 0 Å². The van der Waals surface area contributed by atoms with Gasteiger partial charge in [-0.05, 0) is 56.6 Å². The Bertz CT molecular complexity index is 1440. The molecule has 3 aromatic rings. The Morgan fingerprint density at radius 3 is 2.85 bits per heavy atom. The quantitative estimate of drug-likeness (QED) is 0.213. The monoisotopic (exact) mass is 477 g/mol. The molecular formula is C25H27N5O3S. The number of allylic oxidation sites excluding steroid dienone is 2. The zero-order chi connectivity index (χ0) is 24.7. The summed E-state index contributed by atoms with van der Waals surface area (Å²) < 4.78 is 8.80. The number of nitrogens with zero attached hydrogens (tertiary/aromatic N) is 5. The highest BCUT2D eigenvalue weighted by Crippen LogP contribution is 2.13. The zero-order valence-electron chi connectivity index (χ0n) is 19.7. The highest BCUT2D eigenvalue weighted by molar-refractivity contribution is 8.01. The van der Waals surface area contributed by atoms with E-state index in [2.05, 4.69) is 11.1 Å². The van der Waals surface area contributed by atoms with Gasteiger partial charge in [0.1, 0.15) is 17.4 Å². The van der Waals surface area contributed by atoms with E-state index < -0.39 is 5.91 Å². The molecular weight excluding hydrogens is 450 g/mol. The van der Waals surface area contributed by atoms with Crippen molar-refractivity contribution in [1.82, 2.24) is 14.0 Å². The summed E-state index contributed by atoms with van der Waals surface area (Å²) in [5, 5.41) is 12.0. The SMILES string of the molecule is CSC=CC=CC(=O)N=c1c(C#N)cc2c(=O)n3cccc(C)c3nc2n1CCCOC(C)C. The van der Waals surface area contributed by atoms with E-state index in [-0.39, 0.29) is 28.1 Å². The summed E-state index contributed by atoms with van der Waals surface area (Å²) in [7, 11) is 0. The van der Waals surface area contributed by atoms with E-state index in [0.717, 1.165) is 5.56 Å². The first-order valence-electron chi connectivity index (χ1n) is 10.9. The van der Waals surface area contributed by atoms with Crippen molar-refractivity contribution >= 4 is 34.3 Å². The second-order valence-electron chi connectivity index (χ2n) is 7.83. The topological polar surface area (TPSA) is 102 Å². The molecule has 34 heavy (non-hydrogen) atoms. The first-order chi connectivity index (χ1) is 16.4. The van der Waals surface area contributed by atoms with Gasteiger partial charge >= 0.3 is 0 Å². The Labute approximate surface area is 201 Å². The van der Waals surface area contributed by atoms with Gasteiger partial charge in [-0.3, -0.25) is 14.0 Å². The number of carbonyl (C=O) groups excluding carboxylic acids is 1. The van der Waals surface area contributed by atoms with Crippen LogP contribution in [-0.2, 0) is 16.1 Å². The molecule has 0 N–H and O–H groups in total. The normalized spacial score (nSPS) is 12.5. The van der Waals surface area contributed by atoms with Gasteiger partial charge in [0.15, 0.2) is 5.49 Å². The van der Waals surface area contributed by atoms with E-state index in [4.69, 9.17) is 9.72 Å². The lowest BCUT2D eigenvalue weighted by Gasteiger charge is -2.14. The molecule has 3 aromatic heterocycles. The highest BCUT2D eigenvalue weighted by atomic mass is 32.2. The first-order valence-corrected chi connectivity index (χ1v) is 12.2. The molecule has 3 rings (SSSR count). The summed E-state index contributed by atoms with van der Waals surface area (Å²) in [4.78, 5) is 34.8. The molecule has 0 fully saturated rings. The second kappa shape index (κ2) is 11.6. The molecule has 3 heterocycles. The van der Waals surface area contributed by atoms with Crippen molar-refractivity contribution in [1.29, 1.82) is 5.26 Å². The number of nitriles is 1. The maximum absolute atomic E-state index is 13.3. The van der Waals surface area contributed by atoms with Gasteiger partial charge < -0.3 is 9.30 Å². The summed E-state index contributed by atoms with van der Waals surface area (Å²) in [5.41, 5.74) is 1.74. The Kier molecular flexibility index (Phi) is 8.57. The average Bonchev–Trinajstić information content (AvgIpc) is 2.81. The van der Waals surface area contributed by atoms with Crippen LogP contribution in [0.4, 0.5) is 0 Å². The lowest BCUT2D eigenvalue weighted by Crippen LogP contribution is -2.30. The molecule has 0 aliphatic heterocycles. The number of hydrogen-bond donors (Lipinski definition) is 0. The van der Waals surface area contributed by atoms with Crippen molar-refractivity contribution in [2.24, 2.45) is 4.99 Å². The molecule has 0 aromatic carbocycles. The number of thioether (sulfide) groups is 1. The largest absolute Gasteiger partial charge is 0.379 e. The average molecular weight is 478 g/mol. The van der Waals surface area contributed by atoms with Crippen LogP contribution in [0, 0.1) is 18.3 Å². The van der Waals surface area contributed by atoms with E-state index in [1.165, 1.54) is 28.3 Å². The minimum atomic E-state index is -0.512. The molecule has 9 heteroatoms. The first kappa shape index (κ1) is 25.1. The molecule has 0 saturated carbocycles. The van der Waals surface area contributed by atoms with Gasteiger partial charge in [-0.1, -0.05) is 18.2 Å². The van der Waals surface area contributed by atoms with Gasteiger partial charge in [-0.15, -0.1) is 11.8 Å². The Hall–Kier alpha value is -3.48. The summed E-state index contributed by atoms with van der Waals surface area (Å²) >= 11 is 1.51. The number of pyridine rings is 2. The Morgan fingerprint density at radius 1 is 1.35 bits per heavy atom. The van der Waals surface area contributed by atoms with E-state index in [9.17, 15) is 14.9 Å². The van der Waals surface area contributed by atoms with Crippen LogP contribution in [0.25, 0.3) is 16.7 Å². The fourth-order valence-electron chi connectivity index (χ4n) is 3.45. The van der Waals surface area contributed by atoms with Gasteiger partial charge in [-0.2, -0.15) is 10.3 Å². The number of ether oxygens (including phenoxy) is 1. The fraction of sp³-hybridized carbons (Fsp3) is 0.320. The highest BCUT2D eigenvalue weighted by Gasteiger charge is 2.15. The Morgan fingerprint density at radius 2 is 2.15 bits per heavy atom. The number of carbonyl (C=O) groups is 1. The molecule has 0 saturated heterocycles. The van der Waals surface area contributed by atoms with Gasteiger partial charge in [0.25, 0.3) is 11.5 Å². The predicted molar refractivity (Wildman–Crippen MR) is 134 cm³/mol. The number of hydrogen-bond acceptors (Lipinski definition) is 6. The predicted octanol–water partition coefficient (Wildman–Crippen LogP) is 3.50. The summed E-state index contributed by atoms with van der Waals surface area (Å²) in [6.45, 7) is 6.62. The van der Waals surface area contributed by atoms with E-state index in [0.29, 0.717) is 30.9 Å².